The van der Waals surface area contributed by atoms with Crippen molar-refractivity contribution in [3.63, 3.8) is 0 Å². The van der Waals surface area contributed by atoms with Gasteiger partial charge < -0.3 is 9.47 Å². The molecule has 2 aromatic heterocycles. The van der Waals surface area contributed by atoms with Crippen molar-refractivity contribution < 1.29 is 27.4 Å². The number of carbonyl (C=O) groups excluding carboxylic acids is 1. The summed E-state index contributed by atoms with van der Waals surface area (Å²) >= 11 is 0. The molecule has 3 rings (SSSR count). The van der Waals surface area contributed by atoms with Gasteiger partial charge in [0.25, 0.3) is 5.82 Å². The summed E-state index contributed by atoms with van der Waals surface area (Å²) in [4.78, 5) is 20.8. The predicted octanol–water partition coefficient (Wildman–Crippen LogP) is 7.75. The summed E-state index contributed by atoms with van der Waals surface area (Å²) in [6.07, 6.45) is -2.54. The molecular formula is C30H41F3N4O3Si. The van der Waals surface area contributed by atoms with E-state index >= 15 is 0 Å². The second kappa shape index (κ2) is 12.4. The first-order valence-corrected chi connectivity index (χ1v) is 17.4. The van der Waals surface area contributed by atoms with Gasteiger partial charge in [0.05, 0.1) is 5.41 Å². The molecule has 0 N–H and O–H groups in total. The van der Waals surface area contributed by atoms with E-state index in [-0.39, 0.29) is 30.4 Å². The van der Waals surface area contributed by atoms with Crippen molar-refractivity contribution in [3.05, 3.63) is 48.4 Å². The van der Waals surface area contributed by atoms with E-state index in [9.17, 15) is 18.0 Å². The highest BCUT2D eigenvalue weighted by molar-refractivity contribution is 6.76. The second-order valence-corrected chi connectivity index (χ2v) is 19.0. The van der Waals surface area contributed by atoms with Crippen LogP contribution in [0.4, 0.5) is 13.2 Å². The van der Waals surface area contributed by atoms with E-state index in [1.165, 1.54) is 0 Å². The molecule has 0 radical (unpaired) electrons. The lowest BCUT2D eigenvalue weighted by Gasteiger charge is -2.27. The molecule has 0 aliphatic carbocycles. The molecule has 0 bridgehead atoms. The molecule has 3 aromatic rings. The third-order valence-corrected chi connectivity index (χ3v) is 8.08. The molecule has 0 unspecified atom stereocenters. The number of pyridine rings is 1. The Morgan fingerprint density at radius 2 is 1.54 bits per heavy atom. The lowest BCUT2D eigenvalue weighted by Crippen LogP contribution is -2.33. The number of Topliss-reactive ketones (excluding diaryl/α,β-unsaturated/α-hetero) is 1. The number of ether oxygens (including phenoxy) is 2. The number of nitrogens with zero attached hydrogens (tertiary/aromatic N) is 4. The molecule has 7 nitrogen and oxygen atoms in total. The monoisotopic (exact) mass is 590 g/mol. The number of ketones is 1. The van der Waals surface area contributed by atoms with Crippen molar-refractivity contribution in [2.45, 2.75) is 79.6 Å². The van der Waals surface area contributed by atoms with Gasteiger partial charge in [-0.1, -0.05) is 64.7 Å². The van der Waals surface area contributed by atoms with Crippen molar-refractivity contribution in [1.29, 1.82) is 0 Å². The summed E-state index contributed by atoms with van der Waals surface area (Å²) in [5.41, 5.74) is 1.37. The van der Waals surface area contributed by atoms with Crippen molar-refractivity contribution in [1.82, 2.24) is 19.7 Å². The first-order valence-electron chi connectivity index (χ1n) is 13.7. The zero-order valence-electron chi connectivity index (χ0n) is 25.2. The zero-order chi connectivity index (χ0) is 30.6. The summed E-state index contributed by atoms with van der Waals surface area (Å²) in [6.45, 7) is 17.0. The number of halogens is 3. The van der Waals surface area contributed by atoms with Gasteiger partial charge in [-0.25, -0.2) is 14.6 Å². The number of hydrogen-bond acceptors (Lipinski definition) is 6. The van der Waals surface area contributed by atoms with E-state index in [1.807, 2.05) is 40.7 Å². The van der Waals surface area contributed by atoms with Gasteiger partial charge in [0.1, 0.15) is 19.1 Å². The third-order valence-electron chi connectivity index (χ3n) is 6.37. The molecule has 0 fully saturated rings. The molecule has 224 valence electrons. The van der Waals surface area contributed by atoms with Gasteiger partial charge >= 0.3 is 6.18 Å². The molecule has 0 saturated heterocycles. The molecule has 0 amide bonds. The van der Waals surface area contributed by atoms with Gasteiger partial charge in [0.15, 0.2) is 5.82 Å². The number of carbonyl (C=O) groups is 1. The lowest BCUT2D eigenvalue weighted by atomic mass is 9.79. The quantitative estimate of drug-likeness (QED) is 0.159. The summed E-state index contributed by atoms with van der Waals surface area (Å²) < 4.78 is 52.8. The minimum absolute atomic E-state index is 0.0855. The molecule has 2 heterocycles. The van der Waals surface area contributed by atoms with Crippen LogP contribution in [0.5, 0.6) is 5.88 Å². The topological polar surface area (TPSA) is 79.1 Å². The zero-order valence-corrected chi connectivity index (χ0v) is 26.2. The first-order chi connectivity index (χ1) is 18.8. The molecule has 1 aromatic carbocycles. The average molecular weight is 591 g/mol. The minimum Gasteiger partial charge on any atom is -0.477 e. The Morgan fingerprint density at radius 1 is 0.927 bits per heavy atom. The van der Waals surface area contributed by atoms with E-state index in [2.05, 4.69) is 34.7 Å². The first kappa shape index (κ1) is 32.5. The van der Waals surface area contributed by atoms with Crippen molar-refractivity contribution in [2.75, 3.05) is 13.2 Å². The van der Waals surface area contributed by atoms with Crippen LogP contribution in [0.15, 0.2) is 42.6 Å². The third kappa shape index (κ3) is 9.77. The maximum absolute atomic E-state index is 13.4. The van der Waals surface area contributed by atoms with Crippen LogP contribution in [0.1, 0.15) is 46.9 Å². The van der Waals surface area contributed by atoms with E-state index in [1.54, 1.807) is 36.5 Å². The lowest BCUT2D eigenvalue weighted by molar-refractivity contribution is -0.145. The summed E-state index contributed by atoms with van der Waals surface area (Å²) in [5.74, 6) is -0.572. The van der Waals surface area contributed by atoms with Crippen LogP contribution in [-0.4, -0.2) is 46.8 Å². The highest BCUT2D eigenvalue weighted by Crippen LogP contribution is 2.31. The Morgan fingerprint density at radius 3 is 2.07 bits per heavy atom. The number of benzene rings is 1. The fourth-order valence-corrected chi connectivity index (χ4v) is 4.56. The van der Waals surface area contributed by atoms with Crippen molar-refractivity contribution in [3.8, 4) is 28.4 Å². The van der Waals surface area contributed by atoms with E-state index in [0.717, 1.165) is 21.9 Å². The van der Waals surface area contributed by atoms with Crippen LogP contribution in [0.25, 0.3) is 22.5 Å². The Labute approximate surface area is 241 Å². The van der Waals surface area contributed by atoms with Gasteiger partial charge in [0, 0.05) is 44.5 Å². The number of hydrogen-bond donors (Lipinski definition) is 0. The highest BCUT2D eigenvalue weighted by atomic mass is 28.3. The Hall–Kier alpha value is -3.05. The van der Waals surface area contributed by atoms with Gasteiger partial charge in [-0.3, -0.25) is 4.79 Å². The van der Waals surface area contributed by atoms with Crippen LogP contribution in [0.2, 0.25) is 25.7 Å². The molecular weight excluding hydrogens is 549 g/mol. The Balaban J connectivity index is 1.70. The number of rotatable bonds is 12. The number of alkyl halides is 3. The fourth-order valence-electron chi connectivity index (χ4n) is 3.80. The van der Waals surface area contributed by atoms with Gasteiger partial charge in [-0.2, -0.15) is 13.2 Å². The van der Waals surface area contributed by atoms with E-state index in [0.29, 0.717) is 24.5 Å². The molecule has 0 spiro atoms. The molecule has 11 heteroatoms. The second-order valence-electron chi connectivity index (χ2n) is 13.4. The number of aromatic nitrogens is 4. The van der Waals surface area contributed by atoms with Crippen LogP contribution in [0, 0.1) is 10.8 Å². The largest absolute Gasteiger partial charge is 0.477 e. The molecule has 41 heavy (non-hydrogen) atoms. The summed E-state index contributed by atoms with van der Waals surface area (Å²) in [5, 5.41) is 3.67. The minimum atomic E-state index is -4.66. The van der Waals surface area contributed by atoms with Crippen LogP contribution >= 0.6 is 0 Å². The van der Waals surface area contributed by atoms with Gasteiger partial charge in [-0.15, -0.1) is 5.10 Å². The normalized spacial score (nSPS) is 13.0. The average Bonchev–Trinajstić information content (AvgIpc) is 3.29. The summed E-state index contributed by atoms with van der Waals surface area (Å²) in [7, 11) is -1.34. The van der Waals surface area contributed by atoms with E-state index in [4.69, 9.17) is 9.47 Å². The van der Waals surface area contributed by atoms with Crippen LogP contribution in [-0.2, 0) is 22.4 Å². The van der Waals surface area contributed by atoms with E-state index < -0.39 is 25.5 Å². The van der Waals surface area contributed by atoms with Crippen LogP contribution in [0.3, 0.4) is 0 Å². The van der Waals surface area contributed by atoms with Crippen molar-refractivity contribution >= 4 is 13.9 Å². The highest BCUT2D eigenvalue weighted by Gasteiger charge is 2.37. The Bertz CT molecular complexity index is 1310. The van der Waals surface area contributed by atoms with Gasteiger partial charge in [0.2, 0.25) is 5.88 Å². The molecule has 0 aliphatic rings. The summed E-state index contributed by atoms with van der Waals surface area (Å²) in [6, 6.07) is 11.5. The Kier molecular flexibility index (Phi) is 9.85. The maximum atomic E-state index is 13.4. The fraction of sp³-hybridized carbons (Fsp3) is 0.533. The van der Waals surface area contributed by atoms with Gasteiger partial charge in [-0.05, 0) is 36.9 Å². The molecule has 0 atom stereocenters. The SMILES string of the molecule is CC(C)(C)CC(=O)C(C)(C)COc1ccc(-c2ccc(-c3nc(C(F)(F)F)nn3COCC[Si](C)(C)C)cc2)cn1. The smallest absolute Gasteiger partial charge is 0.453 e. The molecule has 0 aliphatic heterocycles. The predicted molar refractivity (Wildman–Crippen MR) is 156 cm³/mol. The standard InChI is InChI=1S/C30H41F3N4O3Si/c1-28(2,3)17-24(38)29(4,5)19-40-25-14-13-23(18-34-25)21-9-11-22(12-10-21)26-35-27(30(31,32)33)36-37(26)20-39-15-16-41(6,7)8/h9-14,18H,15-17,19-20H2,1-8H3. The van der Waals surface area contributed by atoms with Crippen LogP contribution < -0.4 is 4.74 Å². The molecule has 0 saturated carbocycles. The van der Waals surface area contributed by atoms with Crippen molar-refractivity contribution in [2.24, 2.45) is 10.8 Å². The maximum Gasteiger partial charge on any atom is 0.453 e.